The maximum Gasteiger partial charge on any atom is 0.183 e. The highest BCUT2D eigenvalue weighted by Gasteiger charge is 1.79. The predicted octanol–water partition coefficient (Wildman–Crippen LogP) is 2.02. The second-order valence-corrected chi connectivity index (χ2v) is 2.97. The monoisotopic (exact) mass is 178 g/mol. The minimum absolute atomic E-state index is 0.606. The van der Waals surface area contributed by atoms with Crippen LogP contribution >= 0.6 is 22.9 Å². The largest absolute Gasteiger partial charge is 0.320 e. The van der Waals surface area contributed by atoms with E-state index in [1.165, 1.54) is 11.3 Å². The van der Waals surface area contributed by atoms with Crippen molar-refractivity contribution in [2.24, 2.45) is 0 Å². The van der Waals surface area contributed by atoms with Crippen molar-refractivity contribution in [1.82, 2.24) is 10.3 Å². The molecule has 2 nitrogen and oxygen atoms in total. The van der Waals surface area contributed by atoms with Crippen LogP contribution in [0.25, 0.3) is 0 Å². The summed E-state index contributed by atoms with van der Waals surface area (Å²) in [6.07, 6.45) is 1.67. The number of rotatable bonds is 1. The number of hydrogen-bond donors (Lipinski definition) is 1. The molecule has 10 heavy (non-hydrogen) atoms. The summed E-state index contributed by atoms with van der Waals surface area (Å²) in [6.45, 7) is 3.14. The molecule has 0 bridgehead atoms. The average molecular weight is 179 g/mol. The molecule has 0 fully saturated rings. The highest BCUT2D eigenvalue weighted by Crippen LogP contribution is 2.08. The summed E-state index contributed by atoms with van der Waals surface area (Å²) in [5, 5.41) is 4.77. The first-order valence-corrected chi connectivity index (χ1v) is 4.26. The number of hydrogen-bond acceptors (Lipinski definition) is 3. The molecule has 0 aliphatic heterocycles. The van der Waals surface area contributed by atoms with Crippen molar-refractivity contribution in [1.29, 1.82) is 0 Å². The molecule has 58 valence electrons. The molecular weight excluding hydrogens is 168 g/mol. The number of nitrogens with zero attached hydrogens (tertiary/aromatic N) is 1. The van der Waals surface area contributed by atoms with Crippen molar-refractivity contribution in [3.63, 3.8) is 0 Å². The Morgan fingerprint density at radius 1 is 1.80 bits per heavy atom. The molecule has 1 rings (SSSR count). The van der Waals surface area contributed by atoms with E-state index in [4.69, 9.17) is 11.6 Å². The zero-order chi connectivity index (χ0) is 7.82. The van der Waals surface area contributed by atoms with Gasteiger partial charge in [0, 0.05) is 11.6 Å². The van der Waals surface area contributed by atoms with Crippen LogP contribution in [0.5, 0.6) is 0 Å². The van der Waals surface area contributed by atoms with Gasteiger partial charge in [0.2, 0.25) is 0 Å². The Morgan fingerprint density at radius 3 is 2.50 bits per heavy atom. The SMILES string of the molecule is CCNC.Clc1nccs1. The van der Waals surface area contributed by atoms with E-state index >= 15 is 0 Å². The second kappa shape index (κ2) is 6.99. The molecule has 1 heterocycles. The third-order valence-corrected chi connectivity index (χ3v) is 1.68. The van der Waals surface area contributed by atoms with Crippen molar-refractivity contribution < 1.29 is 0 Å². The van der Waals surface area contributed by atoms with Crippen LogP contribution in [0.1, 0.15) is 6.92 Å². The van der Waals surface area contributed by atoms with Crippen LogP contribution in [0.3, 0.4) is 0 Å². The summed E-state index contributed by atoms with van der Waals surface area (Å²) >= 11 is 6.79. The minimum Gasteiger partial charge on any atom is -0.320 e. The second-order valence-electron chi connectivity index (χ2n) is 1.49. The zero-order valence-electron chi connectivity index (χ0n) is 6.10. The minimum atomic E-state index is 0.606. The van der Waals surface area contributed by atoms with Gasteiger partial charge < -0.3 is 5.32 Å². The molecule has 0 spiro atoms. The fraction of sp³-hybridized carbons (Fsp3) is 0.500. The van der Waals surface area contributed by atoms with Crippen LogP contribution < -0.4 is 5.32 Å². The Labute approximate surface area is 70.2 Å². The quantitative estimate of drug-likeness (QED) is 0.712. The molecule has 1 aromatic rings. The molecule has 0 aromatic carbocycles. The summed E-state index contributed by atoms with van der Waals surface area (Å²) < 4.78 is 0.606. The van der Waals surface area contributed by atoms with Gasteiger partial charge in [0.15, 0.2) is 4.47 Å². The standard InChI is InChI=1S/C3H2ClNS.C3H9N/c4-3-5-1-2-6-3;1-3-4-2/h1-2H;4H,3H2,1-2H3. The first kappa shape index (κ1) is 9.88. The Morgan fingerprint density at radius 2 is 2.40 bits per heavy atom. The molecule has 0 aliphatic carbocycles. The molecule has 0 amide bonds. The highest BCUT2D eigenvalue weighted by molar-refractivity contribution is 7.13. The molecule has 4 heteroatoms. The first-order chi connectivity index (χ1) is 4.81. The Hall–Kier alpha value is -0.120. The fourth-order valence-electron chi connectivity index (χ4n) is 0.206. The van der Waals surface area contributed by atoms with Gasteiger partial charge in [0.25, 0.3) is 0 Å². The van der Waals surface area contributed by atoms with E-state index in [-0.39, 0.29) is 0 Å². The number of halogens is 1. The fourth-order valence-corrected chi connectivity index (χ4v) is 0.772. The van der Waals surface area contributed by atoms with Crippen LogP contribution in [-0.4, -0.2) is 18.6 Å². The van der Waals surface area contributed by atoms with Gasteiger partial charge >= 0.3 is 0 Å². The summed E-state index contributed by atoms with van der Waals surface area (Å²) in [6, 6.07) is 0. The summed E-state index contributed by atoms with van der Waals surface area (Å²) in [7, 11) is 1.93. The van der Waals surface area contributed by atoms with Crippen LogP contribution in [0.2, 0.25) is 4.47 Å². The van der Waals surface area contributed by atoms with Gasteiger partial charge in [-0.05, 0) is 13.6 Å². The van der Waals surface area contributed by atoms with Crippen molar-refractivity contribution >= 4 is 22.9 Å². The molecule has 0 aliphatic rings. The molecule has 0 unspecified atom stereocenters. The van der Waals surface area contributed by atoms with E-state index in [9.17, 15) is 0 Å². The van der Waals surface area contributed by atoms with Gasteiger partial charge in [-0.15, -0.1) is 11.3 Å². The highest BCUT2D eigenvalue weighted by atomic mass is 35.5. The average Bonchev–Trinajstić information content (AvgIpc) is 2.40. The lowest BCUT2D eigenvalue weighted by Gasteiger charge is -1.76. The van der Waals surface area contributed by atoms with E-state index in [1.807, 2.05) is 12.4 Å². The number of thiazole rings is 1. The van der Waals surface area contributed by atoms with Gasteiger partial charge in [0.05, 0.1) is 0 Å². The van der Waals surface area contributed by atoms with Gasteiger partial charge in [-0.2, -0.15) is 0 Å². The van der Waals surface area contributed by atoms with E-state index in [0.717, 1.165) is 6.54 Å². The van der Waals surface area contributed by atoms with E-state index in [1.54, 1.807) is 6.20 Å². The molecule has 0 saturated heterocycles. The van der Waals surface area contributed by atoms with Gasteiger partial charge in [-0.1, -0.05) is 18.5 Å². The van der Waals surface area contributed by atoms with Crippen LogP contribution in [-0.2, 0) is 0 Å². The summed E-state index contributed by atoms with van der Waals surface area (Å²) in [5.74, 6) is 0. The first-order valence-electron chi connectivity index (χ1n) is 3.00. The molecule has 1 aromatic heterocycles. The van der Waals surface area contributed by atoms with Crippen LogP contribution in [0.15, 0.2) is 11.6 Å². The third-order valence-electron chi connectivity index (χ3n) is 0.756. The lowest BCUT2D eigenvalue weighted by Crippen LogP contribution is -2.01. The Kier molecular flexibility index (Phi) is 6.91. The van der Waals surface area contributed by atoms with Gasteiger partial charge in [-0.25, -0.2) is 4.98 Å². The smallest absolute Gasteiger partial charge is 0.183 e. The van der Waals surface area contributed by atoms with Crippen molar-refractivity contribution in [3.05, 3.63) is 16.0 Å². The number of nitrogens with one attached hydrogen (secondary N) is 1. The lowest BCUT2D eigenvalue weighted by atomic mass is 10.8. The maximum atomic E-state index is 5.36. The zero-order valence-corrected chi connectivity index (χ0v) is 7.67. The van der Waals surface area contributed by atoms with Crippen molar-refractivity contribution in [2.75, 3.05) is 13.6 Å². The number of aromatic nitrogens is 1. The van der Waals surface area contributed by atoms with Crippen LogP contribution in [0.4, 0.5) is 0 Å². The third kappa shape index (κ3) is 6.01. The van der Waals surface area contributed by atoms with Crippen molar-refractivity contribution in [2.45, 2.75) is 6.92 Å². The van der Waals surface area contributed by atoms with E-state index < -0.39 is 0 Å². The van der Waals surface area contributed by atoms with Crippen molar-refractivity contribution in [3.8, 4) is 0 Å². The molecule has 0 atom stereocenters. The van der Waals surface area contributed by atoms with E-state index in [0.29, 0.717) is 4.47 Å². The van der Waals surface area contributed by atoms with Crippen LogP contribution in [0, 0.1) is 0 Å². The summed E-state index contributed by atoms with van der Waals surface area (Å²) in [5.41, 5.74) is 0. The van der Waals surface area contributed by atoms with Gasteiger partial charge in [-0.3, -0.25) is 0 Å². The van der Waals surface area contributed by atoms with E-state index in [2.05, 4.69) is 17.2 Å². The Bertz CT molecular complexity index is 139. The Balaban J connectivity index is 0.000000180. The molecule has 0 radical (unpaired) electrons. The summed E-state index contributed by atoms with van der Waals surface area (Å²) in [4.78, 5) is 3.70. The maximum absolute atomic E-state index is 5.36. The predicted molar refractivity (Wildman–Crippen MR) is 46.7 cm³/mol. The topological polar surface area (TPSA) is 24.9 Å². The normalized spacial score (nSPS) is 8.30. The molecule has 0 saturated carbocycles. The lowest BCUT2D eigenvalue weighted by molar-refractivity contribution is 0.864. The van der Waals surface area contributed by atoms with Gasteiger partial charge in [0.1, 0.15) is 0 Å². The molecular formula is C6H11ClN2S. The molecule has 1 N–H and O–H groups in total.